The summed E-state index contributed by atoms with van der Waals surface area (Å²) < 4.78 is 0. The van der Waals surface area contributed by atoms with E-state index in [1.807, 2.05) is 0 Å². The van der Waals surface area contributed by atoms with Gasteiger partial charge in [-0.25, -0.2) is 0 Å². The molecule has 0 heterocycles. The van der Waals surface area contributed by atoms with Crippen LogP contribution in [0.2, 0.25) is 19.6 Å². The Hall–Kier alpha value is -0.563. The molecule has 0 N–H and O–H groups in total. The molecule has 0 aliphatic carbocycles. The summed E-state index contributed by atoms with van der Waals surface area (Å²) in [6.45, 7) is 18.7. The topological polar surface area (TPSA) is 0 Å². The van der Waals surface area contributed by atoms with E-state index in [0.717, 1.165) is 0 Å². The Morgan fingerprint density at radius 3 is 1.25 bits per heavy atom. The van der Waals surface area contributed by atoms with Gasteiger partial charge in [0.15, 0.2) is 0 Å². The van der Waals surface area contributed by atoms with Crippen molar-refractivity contribution in [3.05, 3.63) is 33.4 Å². The molecule has 1 heteroatoms. The van der Waals surface area contributed by atoms with Crippen LogP contribution in [0.25, 0.3) is 0 Å². The third kappa shape index (κ3) is 2.57. The van der Waals surface area contributed by atoms with Crippen molar-refractivity contribution >= 4 is 8.07 Å². The molecular formula is C15H26Si. The van der Waals surface area contributed by atoms with Gasteiger partial charge in [0.1, 0.15) is 0 Å². The van der Waals surface area contributed by atoms with E-state index in [4.69, 9.17) is 0 Å². The smallest absolute Gasteiger partial charge is 0.0487 e. The average molecular weight is 234 g/mol. The summed E-state index contributed by atoms with van der Waals surface area (Å²) in [5.41, 5.74) is 9.16. The van der Waals surface area contributed by atoms with Gasteiger partial charge in [0.25, 0.3) is 0 Å². The lowest BCUT2D eigenvalue weighted by molar-refractivity contribution is 1.10. The Kier molecular flexibility index (Phi) is 3.68. The molecule has 0 unspecified atom stereocenters. The second kappa shape index (κ2) is 4.36. The second-order valence-corrected chi connectivity index (χ2v) is 11.8. The fourth-order valence-electron chi connectivity index (χ4n) is 2.37. The summed E-state index contributed by atoms with van der Waals surface area (Å²) in [4.78, 5) is 0. The van der Waals surface area contributed by atoms with Crippen LogP contribution in [0.5, 0.6) is 0 Å². The van der Waals surface area contributed by atoms with E-state index < -0.39 is 8.07 Å². The van der Waals surface area contributed by atoms with Crippen LogP contribution >= 0.6 is 0 Å². The van der Waals surface area contributed by atoms with Crippen LogP contribution in [-0.4, -0.2) is 8.07 Å². The highest BCUT2D eigenvalue weighted by molar-refractivity contribution is 6.75. The van der Waals surface area contributed by atoms with Crippen LogP contribution in [0.4, 0.5) is 0 Å². The lowest BCUT2D eigenvalue weighted by atomic mass is 9.90. The van der Waals surface area contributed by atoms with Crippen molar-refractivity contribution in [1.82, 2.24) is 0 Å². The third-order valence-electron chi connectivity index (χ3n) is 3.86. The van der Waals surface area contributed by atoms with Crippen LogP contribution in [-0.2, 0) is 6.04 Å². The van der Waals surface area contributed by atoms with E-state index in [1.165, 1.54) is 33.9 Å². The fraction of sp³-hybridized carbons (Fsp3) is 0.600. The van der Waals surface area contributed by atoms with Gasteiger partial charge in [-0.3, -0.25) is 0 Å². The number of benzene rings is 1. The van der Waals surface area contributed by atoms with E-state index in [9.17, 15) is 0 Å². The molecule has 0 saturated heterocycles. The van der Waals surface area contributed by atoms with Crippen LogP contribution in [0.15, 0.2) is 0 Å². The summed E-state index contributed by atoms with van der Waals surface area (Å²) in [6, 6.07) is 1.31. The largest absolute Gasteiger partial charge is 0.0693 e. The van der Waals surface area contributed by atoms with Crippen molar-refractivity contribution in [1.29, 1.82) is 0 Å². The molecule has 0 nitrogen and oxygen atoms in total. The van der Waals surface area contributed by atoms with Crippen LogP contribution in [0.1, 0.15) is 33.4 Å². The normalized spacial score (nSPS) is 12.0. The van der Waals surface area contributed by atoms with Crippen molar-refractivity contribution < 1.29 is 0 Å². The van der Waals surface area contributed by atoms with E-state index in [1.54, 1.807) is 5.56 Å². The summed E-state index contributed by atoms with van der Waals surface area (Å²) in [5, 5.41) is 0. The molecular weight excluding hydrogens is 208 g/mol. The highest BCUT2D eigenvalue weighted by Crippen LogP contribution is 2.28. The molecule has 0 atom stereocenters. The zero-order valence-electron chi connectivity index (χ0n) is 12.2. The van der Waals surface area contributed by atoms with Gasteiger partial charge in [0.05, 0.1) is 0 Å². The molecule has 0 fully saturated rings. The van der Waals surface area contributed by atoms with Crippen LogP contribution in [0, 0.1) is 34.6 Å². The average Bonchev–Trinajstić information content (AvgIpc) is 2.17. The van der Waals surface area contributed by atoms with Gasteiger partial charge in [-0.15, -0.1) is 0 Å². The summed E-state index contributed by atoms with van der Waals surface area (Å²) >= 11 is 0. The monoisotopic (exact) mass is 234 g/mol. The predicted molar refractivity (Wildman–Crippen MR) is 77.2 cm³/mol. The van der Waals surface area contributed by atoms with Crippen LogP contribution < -0.4 is 0 Å². The standard InChI is InChI=1S/C15H26Si/c1-10-11(2)13(4)15(9-16(6,7)8)14(5)12(10)3/h9H2,1-8H3. The van der Waals surface area contributed by atoms with E-state index in [-0.39, 0.29) is 0 Å². The quantitative estimate of drug-likeness (QED) is 0.654. The predicted octanol–water partition coefficient (Wildman–Crippen LogP) is 4.65. The first-order valence-electron chi connectivity index (χ1n) is 6.21. The zero-order chi connectivity index (χ0) is 12.7. The first kappa shape index (κ1) is 13.5. The molecule has 16 heavy (non-hydrogen) atoms. The van der Waals surface area contributed by atoms with Gasteiger partial charge in [-0.2, -0.15) is 0 Å². The molecule has 90 valence electrons. The van der Waals surface area contributed by atoms with E-state index in [0.29, 0.717) is 0 Å². The first-order chi connectivity index (χ1) is 7.15. The van der Waals surface area contributed by atoms with Crippen molar-refractivity contribution in [3.63, 3.8) is 0 Å². The van der Waals surface area contributed by atoms with Gasteiger partial charge >= 0.3 is 0 Å². The molecule has 1 aromatic rings. The third-order valence-corrected chi connectivity index (χ3v) is 5.28. The highest BCUT2D eigenvalue weighted by Gasteiger charge is 2.19. The van der Waals surface area contributed by atoms with E-state index in [2.05, 4.69) is 54.3 Å². The SMILES string of the molecule is Cc1c(C)c(C)c(C[Si](C)(C)C)c(C)c1C. The van der Waals surface area contributed by atoms with Crippen LogP contribution in [0.3, 0.4) is 0 Å². The Morgan fingerprint density at radius 2 is 0.938 bits per heavy atom. The molecule has 0 amide bonds. The molecule has 0 spiro atoms. The summed E-state index contributed by atoms with van der Waals surface area (Å²) in [7, 11) is -1.02. The number of hydrogen-bond acceptors (Lipinski definition) is 0. The summed E-state index contributed by atoms with van der Waals surface area (Å²) in [5.74, 6) is 0. The fourth-order valence-corrected chi connectivity index (χ4v) is 3.96. The van der Waals surface area contributed by atoms with Crippen molar-refractivity contribution in [2.75, 3.05) is 0 Å². The summed E-state index contributed by atoms with van der Waals surface area (Å²) in [6.07, 6.45) is 0. The molecule has 0 bridgehead atoms. The van der Waals surface area contributed by atoms with Gasteiger partial charge in [0, 0.05) is 8.07 Å². The Bertz CT molecular complexity index is 379. The van der Waals surface area contributed by atoms with Crippen molar-refractivity contribution in [3.8, 4) is 0 Å². The van der Waals surface area contributed by atoms with Gasteiger partial charge in [-0.05, 0) is 74.0 Å². The maximum Gasteiger partial charge on any atom is 0.0487 e. The molecule has 1 aromatic carbocycles. The Balaban J connectivity index is 3.40. The minimum absolute atomic E-state index is 1.02. The van der Waals surface area contributed by atoms with Gasteiger partial charge < -0.3 is 0 Å². The molecule has 0 aliphatic heterocycles. The van der Waals surface area contributed by atoms with Gasteiger partial charge in [0.2, 0.25) is 0 Å². The lowest BCUT2D eigenvalue weighted by Crippen LogP contribution is -2.25. The van der Waals surface area contributed by atoms with E-state index >= 15 is 0 Å². The van der Waals surface area contributed by atoms with Crippen molar-refractivity contribution in [2.45, 2.75) is 60.3 Å². The van der Waals surface area contributed by atoms with Crippen molar-refractivity contribution in [2.24, 2.45) is 0 Å². The maximum absolute atomic E-state index is 2.45. The molecule has 1 rings (SSSR count). The Labute approximate surface area is 102 Å². The minimum Gasteiger partial charge on any atom is -0.0693 e. The highest BCUT2D eigenvalue weighted by atomic mass is 28.3. The maximum atomic E-state index is 2.45. The lowest BCUT2D eigenvalue weighted by Gasteiger charge is -2.23. The second-order valence-electron chi connectivity index (χ2n) is 6.34. The first-order valence-corrected chi connectivity index (χ1v) is 9.91. The van der Waals surface area contributed by atoms with Gasteiger partial charge in [-0.1, -0.05) is 19.6 Å². The Morgan fingerprint density at radius 1 is 0.625 bits per heavy atom. The minimum atomic E-state index is -1.02. The molecule has 0 aromatic heterocycles. The molecule has 0 aliphatic rings. The molecule has 0 radical (unpaired) electrons. The number of rotatable bonds is 2. The molecule has 0 saturated carbocycles. The zero-order valence-corrected chi connectivity index (χ0v) is 13.2. The number of hydrogen-bond donors (Lipinski definition) is 0.